The zero-order chi connectivity index (χ0) is 19.3. The van der Waals surface area contributed by atoms with Crippen LogP contribution in [0, 0.1) is 23.7 Å². The van der Waals surface area contributed by atoms with E-state index in [0.29, 0.717) is 29.4 Å². The molecule has 0 spiro atoms. The Morgan fingerprint density at radius 1 is 1.11 bits per heavy atom. The van der Waals surface area contributed by atoms with Crippen LogP contribution in [-0.2, 0) is 0 Å². The van der Waals surface area contributed by atoms with Crippen LogP contribution in [0.2, 0.25) is 0 Å². The van der Waals surface area contributed by atoms with E-state index in [1.165, 1.54) is 0 Å². The van der Waals surface area contributed by atoms with Gasteiger partial charge < -0.3 is 20.1 Å². The molecule has 2 saturated carbocycles. The number of hydrogen-bond donors (Lipinski definition) is 3. The van der Waals surface area contributed by atoms with Crippen molar-refractivity contribution in [2.45, 2.75) is 31.6 Å². The van der Waals surface area contributed by atoms with Gasteiger partial charge in [0.15, 0.2) is 17.0 Å². The lowest BCUT2D eigenvalue weighted by Gasteiger charge is -2.22. The van der Waals surface area contributed by atoms with Crippen LogP contribution in [-0.4, -0.2) is 48.5 Å². The minimum atomic E-state index is -0.808. The van der Waals surface area contributed by atoms with Crippen molar-refractivity contribution in [2.24, 2.45) is 11.8 Å². The number of rotatable bonds is 3. The van der Waals surface area contributed by atoms with E-state index in [0.717, 1.165) is 12.0 Å². The predicted octanol–water partition coefficient (Wildman–Crippen LogP) is 1.57. The van der Waals surface area contributed by atoms with Crippen molar-refractivity contribution in [3.63, 3.8) is 0 Å². The van der Waals surface area contributed by atoms with Crippen molar-refractivity contribution in [3.8, 4) is 11.8 Å². The number of aromatic nitrogens is 4. The minimum absolute atomic E-state index is 0.171. The van der Waals surface area contributed by atoms with Gasteiger partial charge in [-0.05, 0) is 43.2 Å². The fourth-order valence-corrected chi connectivity index (χ4v) is 4.23. The van der Waals surface area contributed by atoms with Crippen LogP contribution in [0.5, 0.6) is 0 Å². The van der Waals surface area contributed by atoms with Gasteiger partial charge in [0.1, 0.15) is 6.10 Å². The van der Waals surface area contributed by atoms with Gasteiger partial charge in [0.2, 0.25) is 5.82 Å². The first-order valence-corrected chi connectivity index (χ1v) is 9.59. The molecule has 7 heteroatoms. The van der Waals surface area contributed by atoms with Gasteiger partial charge in [0, 0.05) is 12.1 Å². The molecule has 0 radical (unpaired) electrons. The van der Waals surface area contributed by atoms with Gasteiger partial charge in [-0.3, -0.25) is 0 Å². The van der Waals surface area contributed by atoms with Gasteiger partial charge in [-0.1, -0.05) is 24.1 Å². The molecule has 2 aliphatic rings. The maximum Gasteiger partial charge on any atom is 0.209 e. The molecular formula is C21H21N5O2. The van der Waals surface area contributed by atoms with Crippen molar-refractivity contribution < 1.29 is 10.2 Å². The number of anilines is 1. The van der Waals surface area contributed by atoms with E-state index >= 15 is 0 Å². The molecule has 0 saturated heterocycles. The van der Waals surface area contributed by atoms with Crippen LogP contribution >= 0.6 is 0 Å². The van der Waals surface area contributed by atoms with E-state index in [-0.39, 0.29) is 17.9 Å². The third-order valence-corrected chi connectivity index (χ3v) is 5.65. The fraction of sp³-hybridized carbons (Fsp3) is 0.381. The molecule has 7 nitrogen and oxygen atoms in total. The first-order chi connectivity index (χ1) is 13.7. The number of nitrogens with one attached hydrogen (secondary N) is 1. The Labute approximate surface area is 162 Å². The van der Waals surface area contributed by atoms with Crippen molar-refractivity contribution in [2.75, 3.05) is 11.9 Å². The summed E-state index contributed by atoms with van der Waals surface area (Å²) >= 11 is 0. The molecule has 3 aromatic rings. The van der Waals surface area contributed by atoms with Gasteiger partial charge in [-0.2, -0.15) is 0 Å². The Kier molecular flexibility index (Phi) is 4.04. The van der Waals surface area contributed by atoms with E-state index in [1.54, 1.807) is 6.33 Å². The molecule has 0 aliphatic heterocycles. The van der Waals surface area contributed by atoms with E-state index in [4.69, 9.17) is 0 Å². The highest BCUT2D eigenvalue weighted by Crippen LogP contribution is 2.57. The largest absolute Gasteiger partial charge is 0.390 e. The summed E-state index contributed by atoms with van der Waals surface area (Å²) in [4.78, 5) is 13.6. The lowest BCUT2D eigenvalue weighted by molar-refractivity contribution is 0.00386. The summed E-state index contributed by atoms with van der Waals surface area (Å²) in [6.07, 6.45) is 1.13. The quantitative estimate of drug-likeness (QED) is 0.602. The van der Waals surface area contributed by atoms with Crippen LogP contribution in [0.4, 0.5) is 5.82 Å². The molecule has 0 amide bonds. The summed E-state index contributed by atoms with van der Waals surface area (Å²) in [5, 5.41) is 23.9. The smallest absolute Gasteiger partial charge is 0.209 e. The first kappa shape index (κ1) is 17.2. The number of aliphatic hydroxyl groups is 2. The molecule has 5 rings (SSSR count). The number of nitrogens with zero attached hydrogens (tertiary/aromatic N) is 4. The van der Waals surface area contributed by atoms with Crippen LogP contribution in [0.3, 0.4) is 0 Å². The molecule has 0 bridgehead atoms. The van der Waals surface area contributed by atoms with Crippen molar-refractivity contribution in [3.05, 3.63) is 48.0 Å². The average Bonchev–Trinajstić information content (AvgIpc) is 3.32. The zero-order valence-corrected chi connectivity index (χ0v) is 15.4. The summed E-state index contributed by atoms with van der Waals surface area (Å²) in [6, 6.07) is 9.47. The van der Waals surface area contributed by atoms with Crippen molar-refractivity contribution >= 4 is 17.0 Å². The molecule has 28 heavy (non-hydrogen) atoms. The molecule has 3 N–H and O–H groups in total. The van der Waals surface area contributed by atoms with Gasteiger partial charge in [0.05, 0.1) is 18.5 Å². The summed E-state index contributed by atoms with van der Waals surface area (Å²) < 4.78 is 1.89. The van der Waals surface area contributed by atoms with E-state index in [2.05, 4.69) is 32.1 Å². The Morgan fingerprint density at radius 3 is 2.64 bits per heavy atom. The second-order valence-corrected chi connectivity index (χ2v) is 7.40. The third-order valence-electron chi connectivity index (χ3n) is 5.65. The highest BCUT2D eigenvalue weighted by atomic mass is 16.3. The van der Waals surface area contributed by atoms with Crippen LogP contribution in [0.25, 0.3) is 11.2 Å². The van der Waals surface area contributed by atoms with Gasteiger partial charge >= 0.3 is 0 Å². The molecule has 5 atom stereocenters. The number of imidazole rings is 1. The molecule has 142 valence electrons. The Balaban J connectivity index is 1.60. The van der Waals surface area contributed by atoms with Gasteiger partial charge in [-0.15, -0.1) is 0 Å². The lowest BCUT2D eigenvalue weighted by atomic mass is 10.1. The maximum absolute atomic E-state index is 10.5. The van der Waals surface area contributed by atoms with Gasteiger partial charge in [0.25, 0.3) is 0 Å². The highest BCUT2D eigenvalue weighted by Gasteiger charge is 2.60. The molecule has 2 aromatic heterocycles. The topological polar surface area (TPSA) is 96.1 Å². The number of aliphatic hydroxyl groups excluding tert-OH is 2. The van der Waals surface area contributed by atoms with E-state index in [9.17, 15) is 10.2 Å². The fourth-order valence-electron chi connectivity index (χ4n) is 4.23. The summed E-state index contributed by atoms with van der Waals surface area (Å²) in [5.74, 6) is 7.58. The maximum atomic E-state index is 10.5. The average molecular weight is 375 g/mol. The summed E-state index contributed by atoms with van der Waals surface area (Å²) in [7, 11) is 0. The molecular weight excluding hydrogens is 354 g/mol. The van der Waals surface area contributed by atoms with Crippen molar-refractivity contribution in [1.29, 1.82) is 0 Å². The first-order valence-electron chi connectivity index (χ1n) is 9.59. The van der Waals surface area contributed by atoms with Crippen LogP contribution in [0.1, 0.15) is 30.8 Å². The summed E-state index contributed by atoms with van der Waals surface area (Å²) in [5.41, 5.74) is 2.17. The molecule has 2 aliphatic carbocycles. The lowest BCUT2D eigenvalue weighted by Crippen LogP contribution is -2.31. The van der Waals surface area contributed by atoms with Gasteiger partial charge in [-0.25, -0.2) is 15.0 Å². The Bertz CT molecular complexity index is 1080. The van der Waals surface area contributed by atoms with Crippen LogP contribution in [0.15, 0.2) is 36.7 Å². The molecule has 1 aromatic carbocycles. The monoisotopic (exact) mass is 375 g/mol. The molecule has 2 heterocycles. The van der Waals surface area contributed by atoms with Crippen molar-refractivity contribution in [1.82, 2.24) is 19.5 Å². The standard InChI is InChI=1S/C21H21N5O2/c1-2-22-20-16-21(25-15(24-20)9-8-12-6-4-3-5-7-12)26(11-23-16)17-13-10-14(13)18(27)19(17)28/h3-7,11,13-14,17-19,27-28H,2,10H2,1H3,(H,22,24,25)/t13-,14+,17+,18+,19-/m0/s1. The summed E-state index contributed by atoms with van der Waals surface area (Å²) in [6.45, 7) is 2.69. The number of benzene rings is 1. The van der Waals surface area contributed by atoms with E-state index < -0.39 is 12.2 Å². The highest BCUT2D eigenvalue weighted by molar-refractivity contribution is 5.83. The Morgan fingerprint density at radius 2 is 1.93 bits per heavy atom. The second-order valence-electron chi connectivity index (χ2n) is 7.40. The third kappa shape index (κ3) is 2.73. The predicted molar refractivity (Wildman–Crippen MR) is 105 cm³/mol. The Hall–Kier alpha value is -2.95. The second kappa shape index (κ2) is 6.59. The van der Waals surface area contributed by atoms with Crippen LogP contribution < -0.4 is 5.32 Å². The molecule has 2 fully saturated rings. The molecule has 0 unspecified atom stereocenters. The minimum Gasteiger partial charge on any atom is -0.390 e. The zero-order valence-electron chi connectivity index (χ0n) is 15.4. The SMILES string of the molecule is CCNc1nc(C#Cc2ccccc2)nc2c1ncn2[C@H]1[C@H](O)[C@H](O)[C@@H]2C[C@@H]21. The number of hydrogen-bond acceptors (Lipinski definition) is 6. The number of fused-ring (bicyclic) bond motifs is 2. The van der Waals surface area contributed by atoms with E-state index in [1.807, 2.05) is 41.8 Å². The normalized spacial score (nSPS) is 27.9.